The van der Waals surface area contributed by atoms with E-state index < -0.39 is 0 Å². The molecule has 0 aliphatic carbocycles. The second-order valence-corrected chi connectivity index (χ2v) is 6.76. The Morgan fingerprint density at radius 3 is 2.85 bits per heavy atom. The summed E-state index contributed by atoms with van der Waals surface area (Å²) < 4.78 is 11.9. The third kappa shape index (κ3) is 2.91. The molecule has 2 aromatic carbocycles. The summed E-state index contributed by atoms with van der Waals surface area (Å²) in [6, 6.07) is 19.3. The zero-order valence-electron chi connectivity index (χ0n) is 14.7. The minimum Gasteiger partial charge on any atom is -0.486 e. The lowest BCUT2D eigenvalue weighted by Gasteiger charge is -2.17. The number of para-hydroxylation sites is 2. The van der Waals surface area contributed by atoms with Gasteiger partial charge in [0.15, 0.2) is 5.76 Å². The molecule has 1 fully saturated rings. The number of nitrogens with zero attached hydrogens (tertiary/aromatic N) is 2. The molecule has 1 aliphatic rings. The number of rotatable bonds is 3. The van der Waals surface area contributed by atoms with Crippen LogP contribution in [0.4, 0.5) is 0 Å². The van der Waals surface area contributed by atoms with E-state index in [1.165, 1.54) is 0 Å². The maximum atomic E-state index is 12.8. The Hall–Kier alpha value is -3.34. The van der Waals surface area contributed by atoms with Crippen LogP contribution in [-0.4, -0.2) is 35.0 Å². The number of carbonyl (C=O) groups excluding carboxylic acids is 1. The van der Waals surface area contributed by atoms with E-state index in [1.54, 1.807) is 17.2 Å². The van der Waals surface area contributed by atoms with E-state index in [0.29, 0.717) is 18.8 Å². The molecule has 3 heterocycles. The lowest BCUT2D eigenvalue weighted by atomic mass is 10.2. The van der Waals surface area contributed by atoms with Crippen molar-refractivity contribution in [1.29, 1.82) is 0 Å². The van der Waals surface area contributed by atoms with Gasteiger partial charge in [-0.3, -0.25) is 9.78 Å². The van der Waals surface area contributed by atoms with Crippen LogP contribution in [0.5, 0.6) is 5.75 Å². The van der Waals surface area contributed by atoms with Gasteiger partial charge in [-0.15, -0.1) is 0 Å². The van der Waals surface area contributed by atoms with Crippen LogP contribution in [0.2, 0.25) is 0 Å². The number of fused-ring (bicyclic) bond motifs is 2. The number of carbonyl (C=O) groups is 1. The molecule has 0 bridgehead atoms. The van der Waals surface area contributed by atoms with Gasteiger partial charge in [0.25, 0.3) is 5.91 Å². The molecule has 134 valence electrons. The predicted molar refractivity (Wildman–Crippen MR) is 103 cm³/mol. The first-order chi connectivity index (χ1) is 13.3. The highest BCUT2D eigenvalue weighted by Crippen LogP contribution is 2.27. The average Bonchev–Trinajstić information content (AvgIpc) is 3.35. The fourth-order valence-electron chi connectivity index (χ4n) is 3.60. The summed E-state index contributed by atoms with van der Waals surface area (Å²) in [5, 5.41) is 1.98. The summed E-state index contributed by atoms with van der Waals surface area (Å²) in [5.41, 5.74) is 1.58. The third-order valence-corrected chi connectivity index (χ3v) is 4.96. The van der Waals surface area contributed by atoms with Gasteiger partial charge in [0.05, 0.1) is 6.54 Å². The Kier molecular flexibility index (Phi) is 3.78. The van der Waals surface area contributed by atoms with E-state index >= 15 is 0 Å². The summed E-state index contributed by atoms with van der Waals surface area (Å²) in [6.07, 6.45) is 2.50. The molecule has 4 aromatic rings. The van der Waals surface area contributed by atoms with E-state index in [0.717, 1.165) is 34.0 Å². The molecule has 1 unspecified atom stereocenters. The van der Waals surface area contributed by atoms with Crippen molar-refractivity contribution in [3.8, 4) is 5.75 Å². The highest BCUT2D eigenvalue weighted by molar-refractivity contribution is 5.96. The van der Waals surface area contributed by atoms with Crippen LogP contribution in [0.25, 0.3) is 21.9 Å². The third-order valence-electron chi connectivity index (χ3n) is 4.96. The van der Waals surface area contributed by atoms with Crippen molar-refractivity contribution in [1.82, 2.24) is 9.88 Å². The Bertz CT molecular complexity index is 1100. The summed E-state index contributed by atoms with van der Waals surface area (Å²) in [4.78, 5) is 19.0. The number of furan rings is 1. The van der Waals surface area contributed by atoms with Crippen molar-refractivity contribution < 1.29 is 13.9 Å². The number of ether oxygens (including phenoxy) is 1. The second kappa shape index (κ2) is 6.43. The van der Waals surface area contributed by atoms with Crippen molar-refractivity contribution in [3.63, 3.8) is 0 Å². The van der Waals surface area contributed by atoms with Crippen molar-refractivity contribution in [2.45, 2.75) is 12.5 Å². The van der Waals surface area contributed by atoms with E-state index in [-0.39, 0.29) is 12.0 Å². The molecule has 0 radical (unpaired) electrons. The van der Waals surface area contributed by atoms with Gasteiger partial charge in [-0.25, -0.2) is 0 Å². The molecular formula is C22H18N2O3. The molecule has 1 atom stereocenters. The van der Waals surface area contributed by atoms with E-state index in [1.807, 2.05) is 54.6 Å². The zero-order chi connectivity index (χ0) is 18.2. The van der Waals surface area contributed by atoms with Gasteiger partial charge in [-0.2, -0.15) is 0 Å². The van der Waals surface area contributed by atoms with Crippen molar-refractivity contribution >= 4 is 27.8 Å². The maximum absolute atomic E-state index is 12.8. The smallest absolute Gasteiger partial charge is 0.289 e. The fourth-order valence-corrected chi connectivity index (χ4v) is 3.60. The maximum Gasteiger partial charge on any atom is 0.289 e. The summed E-state index contributed by atoms with van der Waals surface area (Å²) >= 11 is 0. The number of pyridine rings is 1. The summed E-state index contributed by atoms with van der Waals surface area (Å²) in [5.74, 6) is 1.05. The van der Waals surface area contributed by atoms with Crippen LogP contribution in [0.1, 0.15) is 17.0 Å². The van der Waals surface area contributed by atoms with E-state index in [4.69, 9.17) is 9.15 Å². The number of aromatic nitrogens is 1. The molecule has 1 amide bonds. The number of amides is 1. The molecule has 5 nitrogen and oxygen atoms in total. The Balaban J connectivity index is 1.33. The van der Waals surface area contributed by atoms with Gasteiger partial charge in [0.2, 0.25) is 0 Å². The average molecular weight is 358 g/mol. The Labute approximate surface area is 156 Å². The van der Waals surface area contributed by atoms with Gasteiger partial charge in [-0.1, -0.05) is 36.4 Å². The van der Waals surface area contributed by atoms with Gasteiger partial charge in [-0.05, 0) is 24.3 Å². The quantitative estimate of drug-likeness (QED) is 0.549. The largest absolute Gasteiger partial charge is 0.486 e. The first-order valence-corrected chi connectivity index (χ1v) is 9.06. The van der Waals surface area contributed by atoms with Gasteiger partial charge < -0.3 is 14.1 Å². The van der Waals surface area contributed by atoms with Gasteiger partial charge >= 0.3 is 0 Å². The Morgan fingerprint density at radius 1 is 1.07 bits per heavy atom. The number of benzene rings is 2. The first kappa shape index (κ1) is 15.9. The van der Waals surface area contributed by atoms with Gasteiger partial charge in [0, 0.05) is 29.9 Å². The monoisotopic (exact) mass is 358 g/mol. The molecular weight excluding hydrogens is 340 g/mol. The molecule has 0 N–H and O–H groups in total. The predicted octanol–water partition coefficient (Wildman–Crippen LogP) is 4.27. The molecule has 1 aliphatic heterocycles. The normalized spacial score (nSPS) is 16.9. The first-order valence-electron chi connectivity index (χ1n) is 9.06. The summed E-state index contributed by atoms with van der Waals surface area (Å²) in [6.45, 7) is 1.19. The molecule has 2 aromatic heterocycles. The topological polar surface area (TPSA) is 55.6 Å². The SMILES string of the molecule is O=C(c1cc2ccccc2o1)N1CCC(Oc2cccc3cccnc23)C1. The Morgan fingerprint density at radius 2 is 1.93 bits per heavy atom. The molecule has 1 saturated heterocycles. The van der Waals surface area contributed by atoms with Crippen molar-refractivity contribution in [3.05, 3.63) is 72.6 Å². The number of hydrogen-bond donors (Lipinski definition) is 0. The van der Waals surface area contributed by atoms with Crippen LogP contribution < -0.4 is 4.74 Å². The minimum atomic E-state index is -0.0895. The highest BCUT2D eigenvalue weighted by atomic mass is 16.5. The lowest BCUT2D eigenvalue weighted by Crippen LogP contribution is -2.30. The van der Waals surface area contributed by atoms with Crippen LogP contribution >= 0.6 is 0 Å². The van der Waals surface area contributed by atoms with Crippen LogP contribution in [-0.2, 0) is 0 Å². The van der Waals surface area contributed by atoms with Crippen molar-refractivity contribution in [2.24, 2.45) is 0 Å². The number of likely N-dealkylation sites (tertiary alicyclic amines) is 1. The molecule has 0 saturated carbocycles. The second-order valence-electron chi connectivity index (χ2n) is 6.76. The molecule has 5 heteroatoms. The molecule has 27 heavy (non-hydrogen) atoms. The highest BCUT2D eigenvalue weighted by Gasteiger charge is 2.30. The van der Waals surface area contributed by atoms with Crippen molar-refractivity contribution in [2.75, 3.05) is 13.1 Å². The lowest BCUT2D eigenvalue weighted by molar-refractivity contribution is 0.0744. The molecule has 5 rings (SSSR count). The summed E-state index contributed by atoms with van der Waals surface area (Å²) in [7, 11) is 0. The van der Waals surface area contributed by atoms with E-state index in [2.05, 4.69) is 4.98 Å². The van der Waals surface area contributed by atoms with Crippen LogP contribution in [0.15, 0.2) is 71.3 Å². The van der Waals surface area contributed by atoms with Crippen LogP contribution in [0.3, 0.4) is 0 Å². The molecule has 0 spiro atoms. The zero-order valence-corrected chi connectivity index (χ0v) is 14.7. The minimum absolute atomic E-state index is 0.0501. The van der Waals surface area contributed by atoms with Gasteiger partial charge in [0.1, 0.15) is 23.0 Å². The standard InChI is InChI=1S/C22H18N2O3/c25-22(20-13-16-5-1-2-8-18(16)27-20)24-12-10-17(14-24)26-19-9-3-6-15-7-4-11-23-21(15)19/h1-9,11,13,17H,10,12,14H2. The fraction of sp³-hybridized carbons (Fsp3) is 0.182. The van der Waals surface area contributed by atoms with E-state index in [9.17, 15) is 4.79 Å². The van der Waals surface area contributed by atoms with Crippen LogP contribution in [0, 0.1) is 0 Å². The number of hydrogen-bond acceptors (Lipinski definition) is 4.